The Hall–Kier alpha value is -0.510. The third-order valence-corrected chi connectivity index (χ3v) is 1.68. The van der Waals surface area contributed by atoms with Gasteiger partial charge in [0.25, 0.3) is 0 Å². The molecule has 0 fully saturated rings. The zero-order valence-electron chi connectivity index (χ0n) is 5.82. The molecule has 1 rings (SSSR count). The van der Waals surface area contributed by atoms with Crippen LogP contribution in [0.3, 0.4) is 0 Å². The van der Waals surface area contributed by atoms with Gasteiger partial charge >= 0.3 is 6.03 Å². The summed E-state index contributed by atoms with van der Waals surface area (Å²) >= 11 is 4.13. The second-order valence-electron chi connectivity index (χ2n) is 2.21. The van der Waals surface area contributed by atoms with Gasteiger partial charge in [-0.25, -0.2) is 9.79 Å². The van der Waals surface area contributed by atoms with Gasteiger partial charge in [-0.3, -0.25) is 0 Å². The molecule has 1 aliphatic heterocycles. The molecule has 56 valence electrons. The van der Waals surface area contributed by atoms with Crippen molar-refractivity contribution in [2.24, 2.45) is 4.99 Å². The van der Waals surface area contributed by atoms with Gasteiger partial charge in [0.2, 0.25) is 0 Å². The van der Waals surface area contributed by atoms with Crippen LogP contribution in [0.2, 0.25) is 0 Å². The van der Waals surface area contributed by atoms with Gasteiger partial charge in [-0.15, -0.1) is 0 Å². The van der Waals surface area contributed by atoms with Crippen molar-refractivity contribution in [3.8, 4) is 0 Å². The first-order valence-corrected chi connectivity index (χ1v) is 3.74. The Balaban J connectivity index is 2.61. The quantitative estimate of drug-likeness (QED) is 0.571. The van der Waals surface area contributed by atoms with Crippen LogP contribution in [0.15, 0.2) is 4.99 Å². The van der Waals surface area contributed by atoms with Crippen molar-refractivity contribution >= 4 is 24.9 Å². The number of hydrogen-bond donors (Lipinski definition) is 1. The highest BCUT2D eigenvalue weighted by Crippen LogP contribution is 2.08. The first-order chi connectivity index (χ1) is 4.72. The predicted octanol–water partition coefficient (Wildman–Crippen LogP) is 1.16. The minimum absolute atomic E-state index is 0.0232. The summed E-state index contributed by atoms with van der Waals surface area (Å²) in [6.07, 6.45) is 2.49. The van der Waals surface area contributed by atoms with Gasteiger partial charge in [0.15, 0.2) is 0 Å². The van der Waals surface area contributed by atoms with Gasteiger partial charge < -0.3 is 4.90 Å². The summed E-state index contributed by atoms with van der Waals surface area (Å²) in [5.41, 5.74) is 0. The van der Waals surface area contributed by atoms with Crippen LogP contribution >= 0.6 is 12.6 Å². The molecule has 4 heteroatoms. The van der Waals surface area contributed by atoms with Gasteiger partial charge in [0.1, 0.15) is 0 Å². The number of carbonyl (C=O) groups excluding carboxylic acids is 1. The molecular formula is C6H10N2OS. The molecule has 0 aromatic heterocycles. The molecule has 10 heavy (non-hydrogen) atoms. The van der Waals surface area contributed by atoms with E-state index < -0.39 is 0 Å². The zero-order valence-corrected chi connectivity index (χ0v) is 6.71. The Morgan fingerprint density at radius 1 is 1.90 bits per heavy atom. The van der Waals surface area contributed by atoms with Gasteiger partial charge in [-0.05, 0) is 6.92 Å². The second kappa shape index (κ2) is 3.05. The highest BCUT2D eigenvalue weighted by atomic mass is 32.1. The molecule has 3 nitrogen and oxygen atoms in total. The number of carbonyl (C=O) groups is 1. The van der Waals surface area contributed by atoms with E-state index in [2.05, 4.69) is 17.6 Å². The fourth-order valence-corrected chi connectivity index (χ4v) is 1.07. The number of aliphatic imine (C=N–C) groups is 1. The van der Waals surface area contributed by atoms with E-state index in [1.165, 1.54) is 0 Å². The molecular weight excluding hydrogens is 148 g/mol. The average molecular weight is 158 g/mol. The summed E-state index contributed by atoms with van der Waals surface area (Å²) in [4.78, 5) is 16.2. The Bertz CT molecular complexity index is 167. The number of urea groups is 1. The van der Waals surface area contributed by atoms with Gasteiger partial charge in [0, 0.05) is 19.2 Å². The number of thiol groups is 1. The Kier molecular flexibility index (Phi) is 2.32. The van der Waals surface area contributed by atoms with Crippen LogP contribution in [0.1, 0.15) is 13.3 Å². The van der Waals surface area contributed by atoms with E-state index in [0.29, 0.717) is 0 Å². The maximum atomic E-state index is 10.9. The third-order valence-electron chi connectivity index (χ3n) is 1.40. The number of hydrogen-bond acceptors (Lipinski definition) is 2. The molecule has 0 radical (unpaired) electrons. The molecule has 0 aromatic rings. The molecule has 0 N–H and O–H groups in total. The van der Waals surface area contributed by atoms with E-state index in [0.717, 1.165) is 13.0 Å². The van der Waals surface area contributed by atoms with E-state index in [9.17, 15) is 4.79 Å². The van der Waals surface area contributed by atoms with Crippen molar-refractivity contribution < 1.29 is 4.79 Å². The van der Waals surface area contributed by atoms with Crippen LogP contribution < -0.4 is 0 Å². The fraction of sp³-hybridized carbons (Fsp3) is 0.667. The molecule has 0 spiro atoms. The Morgan fingerprint density at radius 3 is 3.00 bits per heavy atom. The molecule has 0 bridgehead atoms. The standard InChI is InChI=1S/C6H10N2OS/c1-5(10)8-4-2-3-7-6(8)9/h3,5,10H,2,4H2,1H3/t5-/m0/s1. The summed E-state index contributed by atoms with van der Waals surface area (Å²) < 4.78 is 0. The summed E-state index contributed by atoms with van der Waals surface area (Å²) in [7, 11) is 0. The normalized spacial score (nSPS) is 21.4. The average Bonchev–Trinajstić information content (AvgIpc) is 1.88. The van der Waals surface area contributed by atoms with E-state index in [4.69, 9.17) is 0 Å². The first-order valence-electron chi connectivity index (χ1n) is 3.23. The molecule has 1 heterocycles. The first kappa shape index (κ1) is 7.60. The van der Waals surface area contributed by atoms with Crippen LogP contribution in [0.5, 0.6) is 0 Å². The van der Waals surface area contributed by atoms with Crippen molar-refractivity contribution in [2.75, 3.05) is 6.54 Å². The van der Waals surface area contributed by atoms with Crippen molar-refractivity contribution in [3.63, 3.8) is 0 Å². The fourth-order valence-electron chi connectivity index (χ4n) is 0.856. The summed E-state index contributed by atoms with van der Waals surface area (Å²) in [5, 5.41) is -0.0232. The Morgan fingerprint density at radius 2 is 2.60 bits per heavy atom. The van der Waals surface area contributed by atoms with Crippen molar-refractivity contribution in [2.45, 2.75) is 18.7 Å². The maximum Gasteiger partial charge on any atom is 0.344 e. The molecule has 0 unspecified atom stereocenters. The minimum Gasteiger partial charge on any atom is -0.311 e. The Labute approximate surface area is 65.5 Å². The van der Waals surface area contributed by atoms with E-state index >= 15 is 0 Å². The maximum absolute atomic E-state index is 10.9. The third kappa shape index (κ3) is 1.50. The van der Waals surface area contributed by atoms with Crippen LogP contribution in [0.4, 0.5) is 4.79 Å². The van der Waals surface area contributed by atoms with Crippen molar-refractivity contribution in [3.05, 3.63) is 0 Å². The lowest BCUT2D eigenvalue weighted by Gasteiger charge is -2.25. The van der Waals surface area contributed by atoms with Crippen molar-refractivity contribution in [1.29, 1.82) is 0 Å². The number of nitrogens with zero attached hydrogens (tertiary/aromatic N) is 2. The highest BCUT2D eigenvalue weighted by Gasteiger charge is 2.17. The lowest BCUT2D eigenvalue weighted by Crippen LogP contribution is -2.36. The second-order valence-corrected chi connectivity index (χ2v) is 2.96. The molecule has 2 amide bonds. The zero-order chi connectivity index (χ0) is 7.56. The lowest BCUT2D eigenvalue weighted by molar-refractivity contribution is 0.205. The van der Waals surface area contributed by atoms with Crippen LogP contribution in [-0.4, -0.2) is 29.1 Å². The van der Waals surface area contributed by atoms with Gasteiger partial charge in [0.05, 0.1) is 5.37 Å². The largest absolute Gasteiger partial charge is 0.344 e. The minimum atomic E-state index is -0.172. The van der Waals surface area contributed by atoms with E-state index in [1.54, 1.807) is 11.1 Å². The SMILES string of the molecule is C[C@H](S)N1CCC=NC1=O. The molecule has 1 atom stereocenters. The lowest BCUT2D eigenvalue weighted by atomic mass is 10.4. The van der Waals surface area contributed by atoms with Crippen LogP contribution in [-0.2, 0) is 0 Å². The van der Waals surface area contributed by atoms with E-state index in [-0.39, 0.29) is 11.4 Å². The summed E-state index contributed by atoms with van der Waals surface area (Å²) in [6.45, 7) is 2.61. The van der Waals surface area contributed by atoms with E-state index in [1.807, 2.05) is 6.92 Å². The monoisotopic (exact) mass is 158 g/mol. The number of rotatable bonds is 1. The predicted molar refractivity (Wildman–Crippen MR) is 43.7 cm³/mol. The molecule has 0 aromatic carbocycles. The van der Waals surface area contributed by atoms with Crippen molar-refractivity contribution in [1.82, 2.24) is 4.90 Å². The molecule has 0 saturated carbocycles. The highest BCUT2D eigenvalue weighted by molar-refractivity contribution is 7.80. The molecule has 0 saturated heterocycles. The topological polar surface area (TPSA) is 32.7 Å². The van der Waals surface area contributed by atoms with Crippen LogP contribution in [0.25, 0.3) is 0 Å². The smallest absolute Gasteiger partial charge is 0.311 e. The number of amides is 2. The molecule has 0 aliphatic carbocycles. The summed E-state index contributed by atoms with van der Waals surface area (Å²) in [5.74, 6) is 0. The molecule has 1 aliphatic rings. The van der Waals surface area contributed by atoms with Gasteiger partial charge in [-0.2, -0.15) is 12.6 Å². The van der Waals surface area contributed by atoms with Crippen LogP contribution in [0, 0.1) is 0 Å². The van der Waals surface area contributed by atoms with Gasteiger partial charge in [-0.1, -0.05) is 0 Å². The summed E-state index contributed by atoms with van der Waals surface area (Å²) in [6, 6.07) is -0.172.